The Labute approximate surface area is 347 Å². The molecular weight excluding hydrogens is 711 g/mol. The minimum Gasteiger partial charge on any atom is -0.310 e. The number of fused-ring (bicyclic) bond motifs is 6. The zero-order valence-electron chi connectivity index (χ0n) is 33.3. The van der Waals surface area contributed by atoms with E-state index in [2.05, 4.69) is 243 Å². The lowest BCUT2D eigenvalue weighted by molar-refractivity contribution is 0.660. The average molecular weight is 754 g/mol. The molecule has 59 heavy (non-hydrogen) atoms. The molecule has 0 aromatic heterocycles. The van der Waals surface area contributed by atoms with Gasteiger partial charge in [-0.25, -0.2) is 0 Å². The van der Waals surface area contributed by atoms with E-state index in [1.165, 1.54) is 77.9 Å². The SMILES string of the molecule is CC1(C)c2ccccc2-c2ccc(-c3ccccc3N(c3ccc(-c4ccccc4)cc3)c3ccc4c(c3)C(c3ccccc3)(c3ccccc3)c3ccccc3-4)cc21. The molecule has 0 bridgehead atoms. The number of benzene rings is 9. The molecule has 1 heteroatoms. The number of hydrogen-bond donors (Lipinski definition) is 0. The zero-order chi connectivity index (χ0) is 39.6. The van der Waals surface area contributed by atoms with E-state index in [0.29, 0.717) is 0 Å². The van der Waals surface area contributed by atoms with Crippen LogP contribution >= 0.6 is 0 Å². The van der Waals surface area contributed by atoms with E-state index < -0.39 is 5.41 Å². The van der Waals surface area contributed by atoms with Gasteiger partial charge in [0.25, 0.3) is 0 Å². The molecule has 0 saturated heterocycles. The van der Waals surface area contributed by atoms with Crippen molar-refractivity contribution in [1.82, 2.24) is 0 Å². The lowest BCUT2D eigenvalue weighted by atomic mass is 9.67. The molecule has 1 nitrogen and oxygen atoms in total. The topological polar surface area (TPSA) is 3.24 Å². The molecule has 0 spiro atoms. The number of anilines is 3. The van der Waals surface area contributed by atoms with Crippen LogP contribution in [0.3, 0.4) is 0 Å². The number of rotatable bonds is 7. The summed E-state index contributed by atoms with van der Waals surface area (Å²) in [4.78, 5) is 2.47. The van der Waals surface area contributed by atoms with Gasteiger partial charge in [0, 0.05) is 22.4 Å². The summed E-state index contributed by atoms with van der Waals surface area (Å²) in [7, 11) is 0. The minimum atomic E-state index is -0.507. The van der Waals surface area contributed by atoms with Gasteiger partial charge < -0.3 is 4.90 Å². The lowest BCUT2D eigenvalue weighted by Gasteiger charge is -2.35. The molecule has 280 valence electrons. The molecule has 0 aliphatic heterocycles. The fourth-order valence-corrected chi connectivity index (χ4v) is 10.2. The van der Waals surface area contributed by atoms with Crippen molar-refractivity contribution in [3.63, 3.8) is 0 Å². The first-order valence-corrected chi connectivity index (χ1v) is 20.7. The van der Waals surface area contributed by atoms with E-state index in [1.807, 2.05) is 0 Å². The second kappa shape index (κ2) is 13.7. The summed E-state index contributed by atoms with van der Waals surface area (Å²) in [5.74, 6) is 0. The molecule has 2 aliphatic carbocycles. The summed E-state index contributed by atoms with van der Waals surface area (Å²) in [6.07, 6.45) is 0. The molecule has 0 unspecified atom stereocenters. The maximum atomic E-state index is 2.47. The Bertz CT molecular complexity index is 2960. The second-order valence-electron chi connectivity index (χ2n) is 16.5. The first kappa shape index (κ1) is 35.0. The molecule has 0 fully saturated rings. The van der Waals surface area contributed by atoms with Crippen molar-refractivity contribution >= 4 is 17.1 Å². The summed E-state index contributed by atoms with van der Waals surface area (Å²) in [5, 5.41) is 0. The predicted octanol–water partition coefficient (Wildman–Crippen LogP) is 15.2. The summed E-state index contributed by atoms with van der Waals surface area (Å²) < 4.78 is 0. The summed E-state index contributed by atoms with van der Waals surface area (Å²) in [6, 6.07) is 83.0. The highest BCUT2D eigenvalue weighted by Crippen LogP contribution is 2.58. The highest BCUT2D eigenvalue weighted by Gasteiger charge is 2.46. The van der Waals surface area contributed by atoms with Crippen LogP contribution in [0.2, 0.25) is 0 Å². The Hall–Kier alpha value is -7.22. The number of hydrogen-bond acceptors (Lipinski definition) is 1. The summed E-state index contributed by atoms with van der Waals surface area (Å²) in [5.41, 5.74) is 20.6. The van der Waals surface area contributed by atoms with Gasteiger partial charge in [-0.05, 0) is 109 Å². The van der Waals surface area contributed by atoms with Gasteiger partial charge in [0.15, 0.2) is 0 Å². The normalized spacial score (nSPS) is 13.9. The molecule has 11 rings (SSSR count). The first-order valence-electron chi connectivity index (χ1n) is 20.7. The third kappa shape index (κ3) is 5.39. The van der Waals surface area contributed by atoms with E-state index >= 15 is 0 Å². The first-order chi connectivity index (χ1) is 29.0. The van der Waals surface area contributed by atoms with E-state index in [0.717, 1.165) is 17.1 Å². The summed E-state index contributed by atoms with van der Waals surface area (Å²) in [6.45, 7) is 4.73. The molecular formula is C58H43N. The van der Waals surface area contributed by atoms with Crippen molar-refractivity contribution < 1.29 is 0 Å². The monoisotopic (exact) mass is 753 g/mol. The van der Waals surface area contributed by atoms with Crippen LogP contribution in [0.4, 0.5) is 17.1 Å². The molecule has 0 atom stereocenters. The van der Waals surface area contributed by atoms with Gasteiger partial charge in [-0.2, -0.15) is 0 Å². The molecule has 0 heterocycles. The van der Waals surface area contributed by atoms with Crippen molar-refractivity contribution in [2.45, 2.75) is 24.7 Å². The van der Waals surface area contributed by atoms with Gasteiger partial charge in [-0.3, -0.25) is 0 Å². The minimum absolute atomic E-state index is 0.100. The van der Waals surface area contributed by atoms with Crippen LogP contribution in [-0.4, -0.2) is 0 Å². The van der Waals surface area contributed by atoms with Crippen LogP contribution < -0.4 is 4.90 Å². The maximum absolute atomic E-state index is 2.47. The third-order valence-corrected chi connectivity index (χ3v) is 13.0. The van der Waals surface area contributed by atoms with Crippen LogP contribution in [0.25, 0.3) is 44.5 Å². The Morgan fingerprint density at radius 2 is 0.763 bits per heavy atom. The van der Waals surface area contributed by atoms with Crippen LogP contribution in [-0.2, 0) is 10.8 Å². The van der Waals surface area contributed by atoms with Crippen molar-refractivity contribution in [3.8, 4) is 44.5 Å². The third-order valence-electron chi connectivity index (χ3n) is 13.0. The number of nitrogens with zero attached hydrogens (tertiary/aromatic N) is 1. The average Bonchev–Trinajstić information content (AvgIpc) is 3.73. The zero-order valence-corrected chi connectivity index (χ0v) is 33.3. The van der Waals surface area contributed by atoms with Gasteiger partial charge >= 0.3 is 0 Å². The highest BCUT2D eigenvalue weighted by atomic mass is 15.1. The number of para-hydroxylation sites is 1. The van der Waals surface area contributed by atoms with Gasteiger partial charge in [-0.15, -0.1) is 0 Å². The maximum Gasteiger partial charge on any atom is 0.0714 e. The Kier molecular flexibility index (Phi) is 8.13. The van der Waals surface area contributed by atoms with Crippen molar-refractivity contribution in [3.05, 3.63) is 258 Å². The van der Waals surface area contributed by atoms with E-state index in [9.17, 15) is 0 Å². The van der Waals surface area contributed by atoms with E-state index in [-0.39, 0.29) is 5.41 Å². The fourth-order valence-electron chi connectivity index (χ4n) is 10.2. The quantitative estimate of drug-likeness (QED) is 0.157. The van der Waals surface area contributed by atoms with Crippen molar-refractivity contribution in [2.75, 3.05) is 4.90 Å². The molecule has 0 amide bonds. The lowest BCUT2D eigenvalue weighted by Crippen LogP contribution is -2.28. The standard InChI is InChI=1S/C58H43N/c1-57(2)52-27-15-12-25-48(52)50-36-32-42(38-54(50)57)47-24-14-17-29-56(47)59(45-33-30-41(31-34-45)40-18-6-3-7-19-40)46-35-37-51-49-26-13-16-28-53(49)58(55(51)39-46,43-20-8-4-9-21-43)44-22-10-5-11-23-44/h3-39H,1-2H3. The molecule has 0 N–H and O–H groups in total. The van der Waals surface area contributed by atoms with Gasteiger partial charge in [-0.1, -0.05) is 202 Å². The summed E-state index contributed by atoms with van der Waals surface area (Å²) >= 11 is 0. The Morgan fingerprint density at radius 3 is 1.44 bits per heavy atom. The second-order valence-corrected chi connectivity index (χ2v) is 16.5. The van der Waals surface area contributed by atoms with Crippen LogP contribution in [0.15, 0.2) is 224 Å². The van der Waals surface area contributed by atoms with Crippen LogP contribution in [0, 0.1) is 0 Å². The van der Waals surface area contributed by atoms with Gasteiger partial charge in [0.05, 0.1) is 11.1 Å². The largest absolute Gasteiger partial charge is 0.310 e. The van der Waals surface area contributed by atoms with Gasteiger partial charge in [0.1, 0.15) is 0 Å². The Balaban J connectivity index is 1.14. The molecule has 0 saturated carbocycles. The van der Waals surface area contributed by atoms with Crippen LogP contribution in [0.5, 0.6) is 0 Å². The predicted molar refractivity (Wildman–Crippen MR) is 247 cm³/mol. The van der Waals surface area contributed by atoms with Crippen molar-refractivity contribution in [2.24, 2.45) is 0 Å². The fraction of sp³-hybridized carbons (Fsp3) is 0.0690. The smallest absolute Gasteiger partial charge is 0.0714 e. The van der Waals surface area contributed by atoms with Crippen LogP contribution in [0.1, 0.15) is 47.2 Å². The molecule has 0 radical (unpaired) electrons. The molecule has 2 aliphatic rings. The van der Waals surface area contributed by atoms with E-state index in [1.54, 1.807) is 0 Å². The Morgan fingerprint density at radius 1 is 0.305 bits per heavy atom. The molecule has 9 aromatic carbocycles. The van der Waals surface area contributed by atoms with E-state index in [4.69, 9.17) is 0 Å². The molecule has 9 aromatic rings. The van der Waals surface area contributed by atoms with Crippen molar-refractivity contribution in [1.29, 1.82) is 0 Å². The highest BCUT2D eigenvalue weighted by molar-refractivity contribution is 5.94. The van der Waals surface area contributed by atoms with Gasteiger partial charge in [0.2, 0.25) is 0 Å².